The Morgan fingerprint density at radius 1 is 1.08 bits per heavy atom. The molecule has 2 heterocycles. The Morgan fingerprint density at radius 2 is 1.96 bits per heavy atom. The number of aromatic amines is 1. The number of anilines is 1. The van der Waals surface area contributed by atoms with Crippen molar-refractivity contribution < 1.29 is 13.6 Å². The topological polar surface area (TPSA) is 83.6 Å². The zero-order valence-corrected chi connectivity index (χ0v) is 13.2. The number of benzene rings is 2. The monoisotopic (exact) mass is 351 g/mol. The van der Waals surface area contributed by atoms with Crippen LogP contribution >= 0.6 is 0 Å². The van der Waals surface area contributed by atoms with E-state index in [9.17, 15) is 13.6 Å². The first-order valence-corrected chi connectivity index (χ1v) is 7.63. The molecule has 0 unspecified atom stereocenters. The van der Waals surface area contributed by atoms with E-state index in [0.717, 1.165) is 18.2 Å². The Morgan fingerprint density at radius 3 is 2.77 bits per heavy atom. The largest absolute Gasteiger partial charge is 0.338 e. The highest BCUT2D eigenvalue weighted by molar-refractivity contribution is 6.03. The quantitative estimate of drug-likeness (QED) is 0.591. The first-order valence-electron chi connectivity index (χ1n) is 7.63. The van der Waals surface area contributed by atoms with Crippen LogP contribution in [0.3, 0.4) is 0 Å². The lowest BCUT2D eigenvalue weighted by Gasteiger charge is -2.03. The molecule has 0 spiro atoms. The van der Waals surface area contributed by atoms with Gasteiger partial charge in [0.15, 0.2) is 0 Å². The number of carbonyl (C=O) groups excluding carboxylic acids is 1. The normalized spacial score (nSPS) is 10.8. The molecular formula is C18H11F2N5O. The van der Waals surface area contributed by atoms with Crippen molar-refractivity contribution in [3.05, 3.63) is 72.3 Å². The summed E-state index contributed by atoms with van der Waals surface area (Å²) in [5, 5.41) is 2.70. The number of halogens is 2. The molecule has 0 bridgehead atoms. The van der Waals surface area contributed by atoms with E-state index < -0.39 is 17.5 Å². The van der Waals surface area contributed by atoms with E-state index in [4.69, 9.17) is 0 Å². The molecule has 0 fully saturated rings. The summed E-state index contributed by atoms with van der Waals surface area (Å²) in [7, 11) is 0. The van der Waals surface area contributed by atoms with Gasteiger partial charge < -0.3 is 10.3 Å². The second-order valence-corrected chi connectivity index (χ2v) is 5.49. The van der Waals surface area contributed by atoms with Gasteiger partial charge in [0.25, 0.3) is 5.91 Å². The maximum Gasteiger partial charge on any atom is 0.275 e. The molecule has 128 valence electrons. The van der Waals surface area contributed by atoms with Crippen LogP contribution in [0.25, 0.3) is 22.4 Å². The first kappa shape index (κ1) is 15.8. The summed E-state index contributed by atoms with van der Waals surface area (Å²) in [5.74, 6) is -1.34. The SMILES string of the molecule is O=C(Nc1ccc2nc(-c3cc(F)ccc3F)[nH]c2c1)c1cnccn1. The molecule has 0 saturated heterocycles. The number of aromatic nitrogens is 4. The first-order chi connectivity index (χ1) is 12.6. The van der Waals surface area contributed by atoms with Crippen molar-refractivity contribution in [3.8, 4) is 11.4 Å². The van der Waals surface area contributed by atoms with Crippen LogP contribution in [0.1, 0.15) is 10.5 Å². The molecule has 26 heavy (non-hydrogen) atoms. The van der Waals surface area contributed by atoms with Crippen molar-refractivity contribution in [2.24, 2.45) is 0 Å². The molecule has 0 aliphatic carbocycles. The van der Waals surface area contributed by atoms with Crippen LogP contribution in [-0.2, 0) is 0 Å². The van der Waals surface area contributed by atoms with Crippen molar-refractivity contribution >= 4 is 22.6 Å². The minimum absolute atomic E-state index is 0.0337. The van der Waals surface area contributed by atoms with Crippen LogP contribution in [0.5, 0.6) is 0 Å². The van der Waals surface area contributed by atoms with Gasteiger partial charge in [-0.2, -0.15) is 0 Å². The van der Waals surface area contributed by atoms with Gasteiger partial charge in [-0.3, -0.25) is 9.78 Å². The fourth-order valence-electron chi connectivity index (χ4n) is 2.51. The number of hydrogen-bond donors (Lipinski definition) is 2. The zero-order valence-electron chi connectivity index (χ0n) is 13.2. The molecular weight excluding hydrogens is 340 g/mol. The van der Waals surface area contributed by atoms with Crippen molar-refractivity contribution in [1.29, 1.82) is 0 Å². The number of rotatable bonds is 3. The van der Waals surface area contributed by atoms with Crippen molar-refractivity contribution in [3.63, 3.8) is 0 Å². The van der Waals surface area contributed by atoms with Gasteiger partial charge in [-0.15, -0.1) is 0 Å². The van der Waals surface area contributed by atoms with Crippen LogP contribution in [-0.4, -0.2) is 25.8 Å². The summed E-state index contributed by atoms with van der Waals surface area (Å²) < 4.78 is 27.3. The molecule has 2 aromatic heterocycles. The maximum atomic E-state index is 13.9. The Balaban J connectivity index is 1.66. The van der Waals surface area contributed by atoms with Gasteiger partial charge in [0.05, 0.1) is 22.8 Å². The van der Waals surface area contributed by atoms with Gasteiger partial charge in [0.2, 0.25) is 0 Å². The summed E-state index contributed by atoms with van der Waals surface area (Å²) in [6, 6.07) is 8.13. The minimum Gasteiger partial charge on any atom is -0.338 e. The number of imidazole rings is 1. The third-order valence-corrected chi connectivity index (χ3v) is 3.72. The summed E-state index contributed by atoms with van der Waals surface area (Å²) in [5.41, 5.74) is 1.84. The van der Waals surface area contributed by atoms with Crippen LogP contribution in [0.4, 0.5) is 14.5 Å². The highest BCUT2D eigenvalue weighted by atomic mass is 19.1. The maximum absolute atomic E-state index is 13.9. The average Bonchev–Trinajstić information content (AvgIpc) is 3.07. The lowest BCUT2D eigenvalue weighted by molar-refractivity contribution is 0.102. The van der Waals surface area contributed by atoms with Crippen molar-refractivity contribution in [2.75, 3.05) is 5.32 Å². The summed E-state index contributed by atoms with van der Waals surface area (Å²) >= 11 is 0. The standard InChI is InChI=1S/C18H11F2N5O/c19-10-1-3-13(20)12(7-10)17-24-14-4-2-11(8-15(14)25-17)23-18(26)16-9-21-5-6-22-16/h1-9H,(H,23,26)(H,24,25). The fraction of sp³-hybridized carbons (Fsp3) is 0. The Bertz CT molecular complexity index is 1110. The molecule has 1 amide bonds. The van der Waals surface area contributed by atoms with Gasteiger partial charge in [-0.1, -0.05) is 0 Å². The molecule has 0 radical (unpaired) electrons. The second-order valence-electron chi connectivity index (χ2n) is 5.49. The lowest BCUT2D eigenvalue weighted by Crippen LogP contribution is -2.13. The number of fused-ring (bicyclic) bond motifs is 1. The van der Waals surface area contributed by atoms with Crippen LogP contribution in [0.15, 0.2) is 55.0 Å². The third kappa shape index (κ3) is 3.00. The van der Waals surface area contributed by atoms with Gasteiger partial charge in [-0.25, -0.2) is 18.7 Å². The van der Waals surface area contributed by atoms with Crippen LogP contribution in [0, 0.1) is 11.6 Å². The fourth-order valence-corrected chi connectivity index (χ4v) is 2.51. The van der Waals surface area contributed by atoms with E-state index in [-0.39, 0.29) is 17.1 Å². The minimum atomic E-state index is -0.582. The van der Waals surface area contributed by atoms with E-state index in [2.05, 4.69) is 25.3 Å². The molecule has 8 heteroatoms. The van der Waals surface area contributed by atoms with Crippen molar-refractivity contribution in [2.45, 2.75) is 0 Å². The van der Waals surface area contributed by atoms with E-state index in [0.29, 0.717) is 16.7 Å². The van der Waals surface area contributed by atoms with Gasteiger partial charge >= 0.3 is 0 Å². The van der Waals surface area contributed by atoms with Crippen molar-refractivity contribution in [1.82, 2.24) is 19.9 Å². The predicted octanol–water partition coefficient (Wildman–Crippen LogP) is 3.55. The van der Waals surface area contributed by atoms with E-state index in [1.165, 1.54) is 18.6 Å². The molecule has 2 aromatic carbocycles. The summed E-state index contributed by atoms with van der Waals surface area (Å²) in [6.07, 6.45) is 4.25. The highest BCUT2D eigenvalue weighted by Gasteiger charge is 2.13. The van der Waals surface area contributed by atoms with E-state index >= 15 is 0 Å². The lowest BCUT2D eigenvalue weighted by atomic mass is 10.2. The molecule has 4 aromatic rings. The number of nitrogens with zero attached hydrogens (tertiary/aromatic N) is 3. The molecule has 0 atom stereocenters. The van der Waals surface area contributed by atoms with Crippen LogP contribution < -0.4 is 5.32 Å². The summed E-state index contributed by atoms with van der Waals surface area (Å²) in [6.45, 7) is 0. The average molecular weight is 351 g/mol. The van der Waals surface area contributed by atoms with Gasteiger partial charge in [0.1, 0.15) is 23.2 Å². The number of H-pyrrole nitrogens is 1. The Hall–Kier alpha value is -3.68. The summed E-state index contributed by atoms with van der Waals surface area (Å²) in [4.78, 5) is 27.1. The molecule has 0 aliphatic heterocycles. The highest BCUT2D eigenvalue weighted by Crippen LogP contribution is 2.25. The predicted molar refractivity (Wildman–Crippen MR) is 91.4 cm³/mol. The Kier molecular flexibility index (Phi) is 3.85. The van der Waals surface area contributed by atoms with Gasteiger partial charge in [0, 0.05) is 18.1 Å². The van der Waals surface area contributed by atoms with E-state index in [1.807, 2.05) is 0 Å². The number of nitrogens with one attached hydrogen (secondary N) is 2. The molecule has 0 aliphatic rings. The number of amides is 1. The Labute approximate surface area is 146 Å². The number of hydrogen-bond acceptors (Lipinski definition) is 4. The third-order valence-electron chi connectivity index (χ3n) is 3.72. The van der Waals surface area contributed by atoms with E-state index in [1.54, 1.807) is 18.2 Å². The molecule has 0 saturated carbocycles. The smallest absolute Gasteiger partial charge is 0.275 e. The second kappa shape index (κ2) is 6.32. The van der Waals surface area contributed by atoms with Crippen LogP contribution in [0.2, 0.25) is 0 Å². The molecule has 2 N–H and O–H groups in total. The van der Waals surface area contributed by atoms with Gasteiger partial charge in [-0.05, 0) is 36.4 Å². The number of carbonyl (C=O) groups is 1. The molecule has 6 nitrogen and oxygen atoms in total. The zero-order chi connectivity index (χ0) is 18.1. The molecule has 4 rings (SSSR count).